The molecule has 112 valence electrons. The highest BCUT2D eigenvalue weighted by atomic mass is 32.2. The summed E-state index contributed by atoms with van der Waals surface area (Å²) in [6, 6.07) is 13.1. The lowest BCUT2D eigenvalue weighted by Gasteiger charge is -2.06. The van der Waals surface area contributed by atoms with E-state index in [0.29, 0.717) is 17.0 Å². The Bertz CT molecular complexity index is 765. The maximum absolute atomic E-state index is 12.1. The molecule has 0 atom stereocenters. The van der Waals surface area contributed by atoms with Crippen LogP contribution < -0.4 is 0 Å². The first-order valence-corrected chi connectivity index (χ1v) is 8.68. The van der Waals surface area contributed by atoms with E-state index in [2.05, 4.69) is 5.16 Å². The average molecular weight is 331 g/mol. The van der Waals surface area contributed by atoms with E-state index in [1.807, 2.05) is 42.0 Å². The lowest BCUT2D eigenvalue weighted by molar-refractivity contribution is 0.0460. The fourth-order valence-electron chi connectivity index (χ4n) is 1.95. The number of nitrogens with zero attached hydrogens (tertiary/aromatic N) is 1. The van der Waals surface area contributed by atoms with Crippen LogP contribution in [0.2, 0.25) is 0 Å². The smallest absolute Gasteiger partial charge is 0.339 e. The van der Waals surface area contributed by atoms with E-state index in [0.717, 1.165) is 9.77 Å². The number of thiophene rings is 1. The molecular weight excluding hydrogens is 318 g/mol. The van der Waals surface area contributed by atoms with E-state index < -0.39 is 0 Å². The van der Waals surface area contributed by atoms with E-state index in [9.17, 15) is 4.79 Å². The molecule has 2 heterocycles. The van der Waals surface area contributed by atoms with E-state index in [-0.39, 0.29) is 12.6 Å². The van der Waals surface area contributed by atoms with Crippen LogP contribution in [-0.4, -0.2) is 17.4 Å². The standard InChI is InChI=1S/C16H13NO3S2/c1-21-14-6-3-2-5-12(14)16(18)19-10-11-9-13(20-17-11)15-7-4-8-22-15/h2-9H,10H2,1H3. The Balaban J connectivity index is 1.66. The fraction of sp³-hybridized carbons (Fsp3) is 0.125. The lowest BCUT2D eigenvalue weighted by atomic mass is 10.2. The maximum Gasteiger partial charge on any atom is 0.339 e. The SMILES string of the molecule is CSc1ccccc1C(=O)OCc1cc(-c2cccs2)on1. The molecule has 0 aliphatic heterocycles. The third kappa shape index (κ3) is 3.23. The van der Waals surface area contributed by atoms with Gasteiger partial charge >= 0.3 is 5.97 Å². The summed E-state index contributed by atoms with van der Waals surface area (Å²) >= 11 is 3.09. The monoisotopic (exact) mass is 331 g/mol. The molecule has 0 amide bonds. The van der Waals surface area contributed by atoms with Crippen LogP contribution in [0.25, 0.3) is 10.6 Å². The van der Waals surface area contributed by atoms with Crippen molar-refractivity contribution in [2.45, 2.75) is 11.5 Å². The molecular formula is C16H13NO3S2. The topological polar surface area (TPSA) is 52.3 Å². The Morgan fingerprint density at radius 3 is 2.95 bits per heavy atom. The molecule has 0 unspecified atom stereocenters. The Labute approximate surface area is 136 Å². The molecule has 4 nitrogen and oxygen atoms in total. The van der Waals surface area contributed by atoms with Gasteiger partial charge in [0.1, 0.15) is 12.3 Å². The Hall–Kier alpha value is -2.05. The van der Waals surface area contributed by atoms with Crippen molar-refractivity contribution >= 4 is 29.1 Å². The number of esters is 1. The number of aromatic nitrogens is 1. The summed E-state index contributed by atoms with van der Waals surface area (Å²) in [4.78, 5) is 14.0. The van der Waals surface area contributed by atoms with Gasteiger partial charge in [-0.25, -0.2) is 4.79 Å². The van der Waals surface area contributed by atoms with Crippen molar-refractivity contribution in [3.05, 3.63) is 59.1 Å². The summed E-state index contributed by atoms with van der Waals surface area (Å²) in [6.07, 6.45) is 1.93. The summed E-state index contributed by atoms with van der Waals surface area (Å²) in [6.45, 7) is 0.0937. The number of carbonyl (C=O) groups excluding carboxylic acids is 1. The molecule has 0 aliphatic carbocycles. The van der Waals surface area contributed by atoms with Crippen molar-refractivity contribution in [2.75, 3.05) is 6.26 Å². The van der Waals surface area contributed by atoms with Gasteiger partial charge in [-0.3, -0.25) is 0 Å². The van der Waals surface area contributed by atoms with Gasteiger partial charge in [0, 0.05) is 11.0 Å². The zero-order valence-corrected chi connectivity index (χ0v) is 13.4. The molecule has 1 aromatic carbocycles. The molecule has 0 saturated heterocycles. The number of hydrogen-bond acceptors (Lipinski definition) is 6. The highest BCUT2D eigenvalue weighted by Gasteiger charge is 2.14. The third-order valence-corrected chi connectivity index (χ3v) is 4.68. The second kappa shape index (κ2) is 6.81. The molecule has 0 bridgehead atoms. The minimum absolute atomic E-state index is 0.0937. The molecule has 0 fully saturated rings. The van der Waals surface area contributed by atoms with Gasteiger partial charge in [0.15, 0.2) is 5.76 Å². The molecule has 22 heavy (non-hydrogen) atoms. The van der Waals surface area contributed by atoms with Gasteiger partial charge in [-0.15, -0.1) is 23.1 Å². The number of thioether (sulfide) groups is 1. The largest absolute Gasteiger partial charge is 0.455 e. The summed E-state index contributed by atoms with van der Waals surface area (Å²) in [5.74, 6) is 0.330. The van der Waals surface area contributed by atoms with Crippen LogP contribution in [0.15, 0.2) is 57.3 Å². The van der Waals surface area contributed by atoms with Crippen molar-refractivity contribution < 1.29 is 14.1 Å². The minimum atomic E-state index is -0.356. The number of rotatable bonds is 5. The first kappa shape index (κ1) is 14.9. The summed E-state index contributed by atoms with van der Waals surface area (Å²) in [7, 11) is 0. The van der Waals surface area contributed by atoms with Crippen LogP contribution in [0.5, 0.6) is 0 Å². The molecule has 3 aromatic rings. The van der Waals surface area contributed by atoms with Crippen LogP contribution in [0, 0.1) is 0 Å². The van der Waals surface area contributed by atoms with Gasteiger partial charge in [-0.05, 0) is 29.8 Å². The molecule has 0 saturated carbocycles. The molecule has 6 heteroatoms. The molecule has 0 spiro atoms. The van der Waals surface area contributed by atoms with Crippen LogP contribution in [0.3, 0.4) is 0 Å². The van der Waals surface area contributed by atoms with Crippen LogP contribution in [0.4, 0.5) is 0 Å². The van der Waals surface area contributed by atoms with Gasteiger partial charge in [-0.1, -0.05) is 23.4 Å². The van der Waals surface area contributed by atoms with Gasteiger partial charge in [0.2, 0.25) is 0 Å². The normalized spacial score (nSPS) is 10.6. The molecule has 2 aromatic heterocycles. The zero-order valence-electron chi connectivity index (χ0n) is 11.8. The van der Waals surface area contributed by atoms with E-state index in [1.54, 1.807) is 23.5 Å². The Morgan fingerprint density at radius 2 is 2.18 bits per heavy atom. The van der Waals surface area contributed by atoms with Gasteiger partial charge < -0.3 is 9.26 Å². The second-order valence-electron chi connectivity index (χ2n) is 4.44. The van der Waals surface area contributed by atoms with Crippen molar-refractivity contribution in [3.63, 3.8) is 0 Å². The fourth-order valence-corrected chi connectivity index (χ4v) is 3.20. The number of ether oxygens (including phenoxy) is 1. The van der Waals surface area contributed by atoms with E-state index >= 15 is 0 Å². The van der Waals surface area contributed by atoms with Crippen LogP contribution >= 0.6 is 23.1 Å². The highest BCUT2D eigenvalue weighted by Crippen LogP contribution is 2.25. The predicted octanol–water partition coefficient (Wildman–Crippen LogP) is 4.48. The molecule has 0 radical (unpaired) electrons. The van der Waals surface area contributed by atoms with Gasteiger partial charge in [-0.2, -0.15) is 0 Å². The molecule has 3 rings (SSSR count). The number of hydrogen-bond donors (Lipinski definition) is 0. The molecule has 0 aliphatic rings. The first-order chi connectivity index (χ1) is 10.8. The molecule has 0 N–H and O–H groups in total. The van der Waals surface area contributed by atoms with Crippen molar-refractivity contribution in [1.29, 1.82) is 0 Å². The number of benzene rings is 1. The maximum atomic E-state index is 12.1. The second-order valence-corrected chi connectivity index (χ2v) is 6.23. The third-order valence-electron chi connectivity index (χ3n) is 3.00. The highest BCUT2D eigenvalue weighted by molar-refractivity contribution is 7.98. The summed E-state index contributed by atoms with van der Waals surface area (Å²) in [5.41, 5.74) is 1.16. The Kier molecular flexibility index (Phi) is 4.60. The zero-order chi connectivity index (χ0) is 15.4. The van der Waals surface area contributed by atoms with Crippen molar-refractivity contribution in [3.8, 4) is 10.6 Å². The van der Waals surface area contributed by atoms with Crippen LogP contribution in [0.1, 0.15) is 16.1 Å². The van der Waals surface area contributed by atoms with E-state index in [1.165, 1.54) is 11.8 Å². The van der Waals surface area contributed by atoms with Crippen molar-refractivity contribution in [2.24, 2.45) is 0 Å². The summed E-state index contributed by atoms with van der Waals surface area (Å²) in [5, 5.41) is 5.90. The lowest BCUT2D eigenvalue weighted by Crippen LogP contribution is -2.06. The number of carbonyl (C=O) groups is 1. The Morgan fingerprint density at radius 1 is 1.32 bits per heavy atom. The minimum Gasteiger partial charge on any atom is -0.455 e. The van der Waals surface area contributed by atoms with Crippen molar-refractivity contribution in [1.82, 2.24) is 5.16 Å². The van der Waals surface area contributed by atoms with Gasteiger partial charge in [0.25, 0.3) is 0 Å². The quantitative estimate of drug-likeness (QED) is 0.509. The predicted molar refractivity (Wildman–Crippen MR) is 87.2 cm³/mol. The average Bonchev–Trinajstić information content (AvgIpc) is 3.23. The van der Waals surface area contributed by atoms with Gasteiger partial charge in [0.05, 0.1) is 10.4 Å². The van der Waals surface area contributed by atoms with E-state index in [4.69, 9.17) is 9.26 Å². The summed E-state index contributed by atoms with van der Waals surface area (Å²) < 4.78 is 10.6. The first-order valence-electron chi connectivity index (χ1n) is 6.57. The van der Waals surface area contributed by atoms with Crippen LogP contribution in [-0.2, 0) is 11.3 Å².